The second-order valence-electron chi connectivity index (χ2n) is 5.66. The Kier molecular flexibility index (Phi) is 4.15. The molecule has 0 N–H and O–H groups in total. The molecule has 0 amide bonds. The smallest absolute Gasteiger partial charge is 0.138 e. The van der Waals surface area contributed by atoms with Crippen molar-refractivity contribution in [1.29, 1.82) is 0 Å². The summed E-state index contributed by atoms with van der Waals surface area (Å²) in [6.45, 7) is 3.96. The van der Waals surface area contributed by atoms with Crippen LogP contribution in [0.15, 0.2) is 24.3 Å². The highest BCUT2D eigenvalue weighted by atomic mass is 19.1. The zero-order valence-corrected chi connectivity index (χ0v) is 11.2. The van der Waals surface area contributed by atoms with Gasteiger partial charge in [-0.2, -0.15) is 0 Å². The summed E-state index contributed by atoms with van der Waals surface area (Å²) in [6, 6.07) is 6.82. The lowest BCUT2D eigenvalue weighted by molar-refractivity contribution is -0.126. The van der Waals surface area contributed by atoms with Crippen molar-refractivity contribution in [3.63, 3.8) is 0 Å². The standard InChI is InChI=1S/C16H21FO/c1-11(2)16(18)14-5-3-12(4-6-14)13-7-9-15(17)10-8-13/h7-12,14H,3-6H2,1-2H3. The van der Waals surface area contributed by atoms with E-state index in [4.69, 9.17) is 0 Å². The number of hydrogen-bond donors (Lipinski definition) is 0. The van der Waals surface area contributed by atoms with E-state index in [0.717, 1.165) is 25.7 Å². The summed E-state index contributed by atoms with van der Waals surface area (Å²) in [4.78, 5) is 11.9. The summed E-state index contributed by atoms with van der Waals surface area (Å²) in [7, 11) is 0. The van der Waals surface area contributed by atoms with Crippen molar-refractivity contribution in [3.05, 3.63) is 35.6 Å². The Labute approximate surface area is 108 Å². The fourth-order valence-corrected chi connectivity index (χ4v) is 2.92. The van der Waals surface area contributed by atoms with Gasteiger partial charge in [0, 0.05) is 11.8 Å². The van der Waals surface area contributed by atoms with E-state index in [1.54, 1.807) is 0 Å². The molecule has 0 radical (unpaired) electrons. The lowest BCUT2D eigenvalue weighted by Crippen LogP contribution is -2.24. The molecule has 0 unspecified atom stereocenters. The second kappa shape index (κ2) is 5.64. The highest BCUT2D eigenvalue weighted by Gasteiger charge is 2.28. The van der Waals surface area contributed by atoms with Crippen molar-refractivity contribution in [3.8, 4) is 0 Å². The first-order valence-electron chi connectivity index (χ1n) is 6.87. The van der Waals surface area contributed by atoms with Gasteiger partial charge < -0.3 is 0 Å². The molecule has 0 bridgehead atoms. The average molecular weight is 248 g/mol. The van der Waals surface area contributed by atoms with Crippen LogP contribution in [0.25, 0.3) is 0 Å². The molecule has 0 aliphatic heterocycles. The van der Waals surface area contributed by atoms with E-state index in [-0.39, 0.29) is 17.7 Å². The fraction of sp³-hybridized carbons (Fsp3) is 0.562. The first-order valence-corrected chi connectivity index (χ1v) is 6.87. The van der Waals surface area contributed by atoms with Crippen molar-refractivity contribution in [2.45, 2.75) is 45.4 Å². The van der Waals surface area contributed by atoms with E-state index in [0.29, 0.717) is 11.7 Å². The normalized spacial score (nSPS) is 24.2. The van der Waals surface area contributed by atoms with E-state index < -0.39 is 0 Å². The Morgan fingerprint density at radius 1 is 1.11 bits per heavy atom. The maximum absolute atomic E-state index is 12.9. The minimum atomic E-state index is -0.178. The molecule has 1 aromatic rings. The molecular weight excluding hydrogens is 227 g/mol. The molecule has 1 aliphatic rings. The van der Waals surface area contributed by atoms with Gasteiger partial charge in [-0.15, -0.1) is 0 Å². The van der Waals surface area contributed by atoms with Crippen molar-refractivity contribution in [2.75, 3.05) is 0 Å². The SMILES string of the molecule is CC(C)C(=O)C1CCC(c2ccc(F)cc2)CC1. The zero-order chi connectivity index (χ0) is 13.1. The first-order chi connectivity index (χ1) is 8.58. The molecule has 0 saturated heterocycles. The van der Waals surface area contributed by atoms with Crippen LogP contribution < -0.4 is 0 Å². The molecule has 1 aliphatic carbocycles. The Bertz CT molecular complexity index is 400. The third-order valence-corrected chi connectivity index (χ3v) is 4.04. The highest BCUT2D eigenvalue weighted by Crippen LogP contribution is 2.36. The molecule has 98 valence electrons. The average Bonchev–Trinajstić information content (AvgIpc) is 2.39. The Hall–Kier alpha value is -1.18. The number of carbonyl (C=O) groups is 1. The van der Waals surface area contributed by atoms with Crippen molar-refractivity contribution >= 4 is 5.78 Å². The fourth-order valence-electron chi connectivity index (χ4n) is 2.92. The topological polar surface area (TPSA) is 17.1 Å². The van der Waals surface area contributed by atoms with Crippen LogP contribution >= 0.6 is 0 Å². The molecule has 1 saturated carbocycles. The van der Waals surface area contributed by atoms with Crippen LogP contribution in [0.4, 0.5) is 4.39 Å². The van der Waals surface area contributed by atoms with Crippen LogP contribution in [0.1, 0.15) is 51.0 Å². The third-order valence-electron chi connectivity index (χ3n) is 4.04. The summed E-state index contributed by atoms with van der Waals surface area (Å²) in [6.07, 6.45) is 4.07. The van der Waals surface area contributed by atoms with E-state index in [2.05, 4.69) is 0 Å². The number of benzene rings is 1. The van der Waals surface area contributed by atoms with Crippen LogP contribution in [0.2, 0.25) is 0 Å². The number of hydrogen-bond acceptors (Lipinski definition) is 1. The molecule has 2 heteroatoms. The summed E-state index contributed by atoms with van der Waals surface area (Å²) >= 11 is 0. The number of ketones is 1. The van der Waals surface area contributed by atoms with Gasteiger partial charge in [-0.25, -0.2) is 4.39 Å². The van der Waals surface area contributed by atoms with Crippen molar-refractivity contribution < 1.29 is 9.18 Å². The predicted octanol–water partition coefficient (Wildman–Crippen LogP) is 4.32. The Morgan fingerprint density at radius 2 is 1.67 bits per heavy atom. The summed E-state index contributed by atoms with van der Waals surface area (Å²) < 4.78 is 12.9. The minimum Gasteiger partial charge on any atom is -0.299 e. The van der Waals surface area contributed by atoms with Crippen LogP contribution in [-0.4, -0.2) is 5.78 Å². The molecule has 0 aromatic heterocycles. The lowest BCUT2D eigenvalue weighted by atomic mass is 9.75. The summed E-state index contributed by atoms with van der Waals surface area (Å²) in [5.41, 5.74) is 1.21. The van der Waals surface area contributed by atoms with Crippen molar-refractivity contribution in [2.24, 2.45) is 11.8 Å². The van der Waals surface area contributed by atoms with Gasteiger partial charge in [0.15, 0.2) is 0 Å². The van der Waals surface area contributed by atoms with Crippen LogP contribution in [-0.2, 0) is 4.79 Å². The van der Waals surface area contributed by atoms with E-state index >= 15 is 0 Å². The maximum Gasteiger partial charge on any atom is 0.138 e. The Morgan fingerprint density at radius 3 is 2.17 bits per heavy atom. The number of Topliss-reactive ketones (excluding diaryl/α,β-unsaturated/α-hetero) is 1. The van der Waals surface area contributed by atoms with Gasteiger partial charge in [-0.05, 0) is 49.3 Å². The van der Waals surface area contributed by atoms with E-state index in [9.17, 15) is 9.18 Å². The van der Waals surface area contributed by atoms with Crippen LogP contribution in [0.5, 0.6) is 0 Å². The molecule has 0 heterocycles. The highest BCUT2D eigenvalue weighted by molar-refractivity contribution is 5.82. The first kappa shape index (κ1) is 13.3. The Balaban J connectivity index is 1.94. The molecule has 1 fully saturated rings. The molecule has 1 aromatic carbocycles. The third kappa shape index (κ3) is 2.98. The maximum atomic E-state index is 12.9. The monoisotopic (exact) mass is 248 g/mol. The molecule has 18 heavy (non-hydrogen) atoms. The van der Waals surface area contributed by atoms with Gasteiger partial charge in [-0.1, -0.05) is 26.0 Å². The molecule has 1 nitrogen and oxygen atoms in total. The molecule has 0 atom stereocenters. The van der Waals surface area contributed by atoms with Crippen LogP contribution in [0.3, 0.4) is 0 Å². The van der Waals surface area contributed by atoms with Gasteiger partial charge >= 0.3 is 0 Å². The van der Waals surface area contributed by atoms with Crippen LogP contribution in [0, 0.1) is 17.7 Å². The van der Waals surface area contributed by atoms with Gasteiger partial charge in [0.25, 0.3) is 0 Å². The van der Waals surface area contributed by atoms with Gasteiger partial charge in [0.05, 0.1) is 0 Å². The van der Waals surface area contributed by atoms with Gasteiger partial charge in [0.1, 0.15) is 11.6 Å². The number of rotatable bonds is 3. The summed E-state index contributed by atoms with van der Waals surface area (Å²) in [5.74, 6) is 1.14. The van der Waals surface area contributed by atoms with Gasteiger partial charge in [0.2, 0.25) is 0 Å². The quantitative estimate of drug-likeness (QED) is 0.778. The van der Waals surface area contributed by atoms with E-state index in [1.807, 2.05) is 26.0 Å². The number of carbonyl (C=O) groups excluding carboxylic acids is 1. The van der Waals surface area contributed by atoms with Gasteiger partial charge in [-0.3, -0.25) is 4.79 Å². The summed E-state index contributed by atoms with van der Waals surface area (Å²) in [5, 5.41) is 0. The molecular formula is C16H21FO. The van der Waals surface area contributed by atoms with E-state index in [1.165, 1.54) is 17.7 Å². The largest absolute Gasteiger partial charge is 0.299 e. The van der Waals surface area contributed by atoms with Crippen molar-refractivity contribution in [1.82, 2.24) is 0 Å². The predicted molar refractivity (Wildman–Crippen MR) is 70.9 cm³/mol. The zero-order valence-electron chi connectivity index (χ0n) is 11.2. The molecule has 0 spiro atoms. The second-order valence-corrected chi connectivity index (χ2v) is 5.66. The number of halogens is 1. The molecule has 2 rings (SSSR count). The lowest BCUT2D eigenvalue weighted by Gasteiger charge is -2.28. The minimum absolute atomic E-state index is 0.150.